The van der Waals surface area contributed by atoms with Crippen LogP contribution in [0.5, 0.6) is 0 Å². The van der Waals surface area contributed by atoms with Gasteiger partial charge in [-0.25, -0.2) is 0 Å². The van der Waals surface area contributed by atoms with Gasteiger partial charge in [0.05, 0.1) is 4.34 Å². The SMILES string of the molecule is CC(CCc1ccc(Cl)s1)NC1CC=CC1. The molecule has 1 atom stereocenters. The number of thiophene rings is 1. The van der Waals surface area contributed by atoms with Crippen LogP contribution in [-0.4, -0.2) is 12.1 Å². The third-order valence-electron chi connectivity index (χ3n) is 2.98. The van der Waals surface area contributed by atoms with Crippen LogP contribution in [0, 0.1) is 0 Å². The molecule has 1 aromatic rings. The summed E-state index contributed by atoms with van der Waals surface area (Å²) in [6.45, 7) is 2.27. The minimum atomic E-state index is 0.589. The largest absolute Gasteiger partial charge is 0.311 e. The van der Waals surface area contributed by atoms with E-state index in [-0.39, 0.29) is 0 Å². The first-order valence-corrected chi connectivity index (χ1v) is 7.09. The predicted molar refractivity (Wildman–Crippen MR) is 72.4 cm³/mol. The zero-order chi connectivity index (χ0) is 11.4. The zero-order valence-corrected chi connectivity index (χ0v) is 11.2. The average molecular weight is 256 g/mol. The van der Waals surface area contributed by atoms with Crippen molar-refractivity contribution in [2.75, 3.05) is 0 Å². The van der Waals surface area contributed by atoms with E-state index in [1.165, 1.54) is 24.1 Å². The fourth-order valence-corrected chi connectivity index (χ4v) is 3.19. The van der Waals surface area contributed by atoms with Crippen LogP contribution in [-0.2, 0) is 6.42 Å². The molecular weight excluding hydrogens is 238 g/mol. The molecule has 1 aliphatic rings. The lowest BCUT2D eigenvalue weighted by atomic mass is 10.1. The topological polar surface area (TPSA) is 12.0 Å². The van der Waals surface area contributed by atoms with E-state index < -0.39 is 0 Å². The lowest BCUT2D eigenvalue weighted by Gasteiger charge is -2.18. The smallest absolute Gasteiger partial charge is 0.0931 e. The van der Waals surface area contributed by atoms with Gasteiger partial charge in [0.15, 0.2) is 0 Å². The molecule has 0 saturated heterocycles. The molecular formula is C13H18ClNS. The highest BCUT2D eigenvalue weighted by Crippen LogP contribution is 2.23. The van der Waals surface area contributed by atoms with Gasteiger partial charge < -0.3 is 5.32 Å². The second-order valence-electron chi connectivity index (χ2n) is 4.45. The van der Waals surface area contributed by atoms with Gasteiger partial charge in [0.2, 0.25) is 0 Å². The Labute approximate surface area is 107 Å². The monoisotopic (exact) mass is 255 g/mol. The molecule has 1 heterocycles. The Bertz CT molecular complexity index is 351. The van der Waals surface area contributed by atoms with E-state index in [1.807, 2.05) is 6.07 Å². The Hall–Kier alpha value is -0.310. The number of hydrogen-bond donors (Lipinski definition) is 1. The second kappa shape index (κ2) is 5.85. The normalized spacial score (nSPS) is 18.1. The van der Waals surface area contributed by atoms with Gasteiger partial charge in [0, 0.05) is 17.0 Å². The molecule has 0 fully saturated rings. The maximum Gasteiger partial charge on any atom is 0.0931 e. The average Bonchev–Trinajstić information content (AvgIpc) is 2.87. The highest BCUT2D eigenvalue weighted by molar-refractivity contribution is 7.16. The van der Waals surface area contributed by atoms with Crippen molar-refractivity contribution in [2.24, 2.45) is 0 Å². The highest BCUT2D eigenvalue weighted by atomic mass is 35.5. The summed E-state index contributed by atoms with van der Waals surface area (Å²) in [5.41, 5.74) is 0. The van der Waals surface area contributed by atoms with Crippen LogP contribution in [0.1, 0.15) is 31.1 Å². The van der Waals surface area contributed by atoms with E-state index >= 15 is 0 Å². The third-order valence-corrected chi connectivity index (χ3v) is 4.27. The van der Waals surface area contributed by atoms with Gasteiger partial charge in [-0.15, -0.1) is 11.3 Å². The summed E-state index contributed by atoms with van der Waals surface area (Å²) < 4.78 is 0.899. The Morgan fingerprint density at radius 2 is 2.19 bits per heavy atom. The van der Waals surface area contributed by atoms with Crippen molar-refractivity contribution in [3.8, 4) is 0 Å². The maximum absolute atomic E-state index is 5.91. The number of hydrogen-bond acceptors (Lipinski definition) is 2. The predicted octanol–water partition coefficient (Wildman–Crippen LogP) is 4.03. The van der Waals surface area contributed by atoms with Crippen molar-refractivity contribution in [3.63, 3.8) is 0 Å². The van der Waals surface area contributed by atoms with Crippen molar-refractivity contribution < 1.29 is 0 Å². The van der Waals surface area contributed by atoms with Crippen LogP contribution in [0.2, 0.25) is 4.34 Å². The number of nitrogens with one attached hydrogen (secondary N) is 1. The first-order valence-electron chi connectivity index (χ1n) is 5.89. The summed E-state index contributed by atoms with van der Waals surface area (Å²) in [7, 11) is 0. The van der Waals surface area contributed by atoms with Gasteiger partial charge in [-0.05, 0) is 44.7 Å². The lowest BCUT2D eigenvalue weighted by Crippen LogP contribution is -2.35. The molecule has 0 saturated carbocycles. The molecule has 2 rings (SSSR count). The van der Waals surface area contributed by atoms with Crippen LogP contribution in [0.3, 0.4) is 0 Å². The van der Waals surface area contributed by atoms with Crippen molar-refractivity contribution in [1.29, 1.82) is 0 Å². The first kappa shape index (κ1) is 12.2. The molecule has 16 heavy (non-hydrogen) atoms. The van der Waals surface area contributed by atoms with Crippen molar-refractivity contribution >= 4 is 22.9 Å². The molecule has 0 spiro atoms. The van der Waals surface area contributed by atoms with Crippen molar-refractivity contribution in [2.45, 2.75) is 44.7 Å². The first-order chi connectivity index (χ1) is 7.74. The van der Waals surface area contributed by atoms with Gasteiger partial charge >= 0.3 is 0 Å². The summed E-state index contributed by atoms with van der Waals surface area (Å²) >= 11 is 7.61. The highest BCUT2D eigenvalue weighted by Gasteiger charge is 2.12. The molecule has 0 aliphatic heterocycles. The molecule has 0 aromatic carbocycles. The second-order valence-corrected chi connectivity index (χ2v) is 6.25. The fraction of sp³-hybridized carbons (Fsp3) is 0.538. The van der Waals surface area contributed by atoms with Crippen LogP contribution >= 0.6 is 22.9 Å². The van der Waals surface area contributed by atoms with Gasteiger partial charge in [-0.2, -0.15) is 0 Å². The number of halogens is 1. The fourth-order valence-electron chi connectivity index (χ4n) is 2.08. The molecule has 0 bridgehead atoms. The molecule has 1 aromatic heterocycles. The van der Waals surface area contributed by atoms with E-state index in [0.29, 0.717) is 12.1 Å². The van der Waals surface area contributed by atoms with Gasteiger partial charge in [0.1, 0.15) is 0 Å². The Balaban J connectivity index is 1.69. The van der Waals surface area contributed by atoms with E-state index in [1.54, 1.807) is 11.3 Å². The summed E-state index contributed by atoms with van der Waals surface area (Å²) in [4.78, 5) is 1.39. The van der Waals surface area contributed by atoms with Gasteiger partial charge in [0.25, 0.3) is 0 Å². The minimum absolute atomic E-state index is 0.589. The molecule has 88 valence electrons. The van der Waals surface area contributed by atoms with Crippen LogP contribution in [0.4, 0.5) is 0 Å². The Morgan fingerprint density at radius 3 is 2.81 bits per heavy atom. The Kier molecular flexibility index (Phi) is 4.45. The number of aryl methyl sites for hydroxylation is 1. The molecule has 3 heteroatoms. The molecule has 0 radical (unpaired) electrons. The van der Waals surface area contributed by atoms with Crippen LogP contribution in [0.25, 0.3) is 0 Å². The van der Waals surface area contributed by atoms with E-state index in [9.17, 15) is 0 Å². The quantitative estimate of drug-likeness (QED) is 0.784. The zero-order valence-electron chi connectivity index (χ0n) is 9.58. The van der Waals surface area contributed by atoms with E-state index in [2.05, 4.69) is 30.5 Å². The van der Waals surface area contributed by atoms with Crippen molar-refractivity contribution in [1.82, 2.24) is 5.32 Å². The van der Waals surface area contributed by atoms with Crippen LogP contribution in [0.15, 0.2) is 24.3 Å². The summed E-state index contributed by atoms with van der Waals surface area (Å²) in [6, 6.07) is 5.38. The van der Waals surface area contributed by atoms with Crippen molar-refractivity contribution in [3.05, 3.63) is 33.5 Å². The Morgan fingerprint density at radius 1 is 1.44 bits per heavy atom. The van der Waals surface area contributed by atoms with Gasteiger partial charge in [-0.3, -0.25) is 0 Å². The van der Waals surface area contributed by atoms with Gasteiger partial charge in [-0.1, -0.05) is 23.8 Å². The summed E-state index contributed by atoms with van der Waals surface area (Å²) in [6.07, 6.45) is 9.23. The molecule has 1 unspecified atom stereocenters. The van der Waals surface area contributed by atoms with E-state index in [0.717, 1.165) is 10.8 Å². The molecule has 1 aliphatic carbocycles. The lowest BCUT2D eigenvalue weighted by molar-refractivity contribution is 0.440. The molecule has 1 nitrogen and oxygen atoms in total. The maximum atomic E-state index is 5.91. The molecule has 1 N–H and O–H groups in total. The van der Waals surface area contributed by atoms with Crippen LogP contribution < -0.4 is 5.32 Å². The van der Waals surface area contributed by atoms with E-state index in [4.69, 9.17) is 11.6 Å². The number of rotatable bonds is 5. The standard InChI is InChI=1S/C13H18ClNS/c1-10(15-11-4-2-3-5-11)6-7-12-8-9-13(14)16-12/h2-3,8-11,15H,4-7H2,1H3. The third kappa shape index (κ3) is 3.62. The summed E-state index contributed by atoms with van der Waals surface area (Å²) in [5.74, 6) is 0. The minimum Gasteiger partial charge on any atom is -0.311 e. The molecule has 0 amide bonds. The summed E-state index contributed by atoms with van der Waals surface area (Å²) in [5, 5.41) is 3.67.